The highest BCUT2D eigenvalue weighted by Crippen LogP contribution is 2.22. The molecule has 1 N–H and O–H groups in total. The van der Waals surface area contributed by atoms with Gasteiger partial charge in [0.05, 0.1) is 11.7 Å². The number of aliphatic hydroxyl groups is 1. The second kappa shape index (κ2) is 4.45. The maximum Gasteiger partial charge on any atom is 0.338 e. The summed E-state index contributed by atoms with van der Waals surface area (Å²) in [5.41, 5.74) is 0.539. The molecule has 0 bridgehead atoms. The molecule has 1 aliphatic rings. The Hall–Kier alpha value is -1.35. The van der Waals surface area contributed by atoms with Crippen molar-refractivity contribution in [3.8, 4) is 0 Å². The molecule has 2 rings (SSSR count). The first-order valence-corrected chi connectivity index (χ1v) is 5.21. The maximum absolute atomic E-state index is 11.6. The summed E-state index contributed by atoms with van der Waals surface area (Å²) in [4.78, 5) is 11.6. The van der Waals surface area contributed by atoms with Gasteiger partial charge < -0.3 is 9.84 Å². The fourth-order valence-corrected chi connectivity index (χ4v) is 1.82. The van der Waals surface area contributed by atoms with Gasteiger partial charge in [0.2, 0.25) is 0 Å². The SMILES string of the molecule is O=C(OC1CCCC1O)c1ccccc1. The first-order chi connectivity index (χ1) is 7.27. The van der Waals surface area contributed by atoms with Crippen molar-refractivity contribution in [2.45, 2.75) is 31.5 Å². The minimum absolute atomic E-state index is 0.322. The molecule has 0 spiro atoms. The number of rotatable bonds is 2. The van der Waals surface area contributed by atoms with Crippen molar-refractivity contribution >= 4 is 5.97 Å². The molecule has 15 heavy (non-hydrogen) atoms. The van der Waals surface area contributed by atoms with Gasteiger partial charge in [-0.15, -0.1) is 0 Å². The molecule has 1 aromatic rings. The summed E-state index contributed by atoms with van der Waals surface area (Å²) >= 11 is 0. The summed E-state index contributed by atoms with van der Waals surface area (Å²) in [5, 5.41) is 9.51. The number of benzene rings is 1. The van der Waals surface area contributed by atoms with Gasteiger partial charge in [-0.1, -0.05) is 18.2 Å². The quantitative estimate of drug-likeness (QED) is 0.750. The topological polar surface area (TPSA) is 46.5 Å². The lowest BCUT2D eigenvalue weighted by Crippen LogP contribution is -2.25. The molecule has 3 nitrogen and oxygen atoms in total. The third-order valence-electron chi connectivity index (χ3n) is 2.69. The van der Waals surface area contributed by atoms with E-state index in [1.54, 1.807) is 24.3 Å². The van der Waals surface area contributed by atoms with Gasteiger partial charge in [-0.3, -0.25) is 0 Å². The van der Waals surface area contributed by atoms with Crippen molar-refractivity contribution in [3.05, 3.63) is 35.9 Å². The zero-order valence-electron chi connectivity index (χ0n) is 8.43. The molecule has 2 unspecified atom stereocenters. The summed E-state index contributed by atoms with van der Waals surface area (Å²) < 4.78 is 5.22. The van der Waals surface area contributed by atoms with Gasteiger partial charge in [0.15, 0.2) is 0 Å². The van der Waals surface area contributed by atoms with E-state index in [1.807, 2.05) is 6.07 Å². The summed E-state index contributed by atoms with van der Waals surface area (Å²) in [6.07, 6.45) is 1.61. The number of hydrogen-bond acceptors (Lipinski definition) is 3. The number of carbonyl (C=O) groups is 1. The van der Waals surface area contributed by atoms with Crippen molar-refractivity contribution < 1.29 is 14.6 Å². The number of ether oxygens (including phenoxy) is 1. The molecular formula is C12H14O3. The second-order valence-electron chi connectivity index (χ2n) is 3.81. The number of hydrogen-bond donors (Lipinski definition) is 1. The van der Waals surface area contributed by atoms with Crippen molar-refractivity contribution in [2.24, 2.45) is 0 Å². The van der Waals surface area contributed by atoms with Crippen LogP contribution in [0.15, 0.2) is 30.3 Å². The smallest absolute Gasteiger partial charge is 0.338 e. The molecule has 0 saturated heterocycles. The van der Waals surface area contributed by atoms with E-state index in [0.29, 0.717) is 5.56 Å². The van der Waals surface area contributed by atoms with Crippen LogP contribution in [-0.4, -0.2) is 23.3 Å². The molecule has 0 radical (unpaired) electrons. The minimum atomic E-state index is -0.488. The van der Waals surface area contributed by atoms with Gasteiger partial charge >= 0.3 is 5.97 Å². The fraction of sp³-hybridized carbons (Fsp3) is 0.417. The summed E-state index contributed by atoms with van der Waals surface area (Å²) in [5.74, 6) is -0.346. The third kappa shape index (κ3) is 2.36. The van der Waals surface area contributed by atoms with E-state index in [0.717, 1.165) is 19.3 Å². The molecule has 1 aliphatic carbocycles. The number of esters is 1. The van der Waals surface area contributed by atoms with Crippen LogP contribution in [0.4, 0.5) is 0 Å². The van der Waals surface area contributed by atoms with Gasteiger partial charge in [-0.25, -0.2) is 4.79 Å². The highest BCUT2D eigenvalue weighted by Gasteiger charge is 2.28. The van der Waals surface area contributed by atoms with Crippen LogP contribution in [-0.2, 0) is 4.74 Å². The van der Waals surface area contributed by atoms with Crippen molar-refractivity contribution in [1.29, 1.82) is 0 Å². The van der Waals surface area contributed by atoms with E-state index in [1.165, 1.54) is 0 Å². The van der Waals surface area contributed by atoms with Gasteiger partial charge in [-0.05, 0) is 31.4 Å². The van der Waals surface area contributed by atoms with E-state index >= 15 is 0 Å². The predicted octanol–water partition coefficient (Wildman–Crippen LogP) is 1.76. The Morgan fingerprint density at radius 3 is 2.60 bits per heavy atom. The van der Waals surface area contributed by atoms with E-state index in [-0.39, 0.29) is 12.1 Å². The number of aliphatic hydroxyl groups excluding tert-OH is 1. The number of carbonyl (C=O) groups excluding carboxylic acids is 1. The van der Waals surface area contributed by atoms with Crippen LogP contribution >= 0.6 is 0 Å². The molecule has 0 aromatic heterocycles. The molecule has 0 aliphatic heterocycles. The average molecular weight is 206 g/mol. The molecule has 0 amide bonds. The summed E-state index contributed by atoms with van der Waals surface area (Å²) in [6.45, 7) is 0. The van der Waals surface area contributed by atoms with Crippen LogP contribution in [0.3, 0.4) is 0 Å². The Morgan fingerprint density at radius 2 is 2.00 bits per heavy atom. The van der Waals surface area contributed by atoms with E-state index in [2.05, 4.69) is 0 Å². The fourth-order valence-electron chi connectivity index (χ4n) is 1.82. The van der Waals surface area contributed by atoms with Crippen LogP contribution in [0.5, 0.6) is 0 Å². The molecule has 1 fully saturated rings. The summed E-state index contributed by atoms with van der Waals surface area (Å²) in [7, 11) is 0. The van der Waals surface area contributed by atoms with Gasteiger partial charge in [0, 0.05) is 0 Å². The van der Waals surface area contributed by atoms with Gasteiger partial charge in [0.25, 0.3) is 0 Å². The van der Waals surface area contributed by atoms with Gasteiger partial charge in [-0.2, -0.15) is 0 Å². The molecule has 1 aromatic carbocycles. The highest BCUT2D eigenvalue weighted by molar-refractivity contribution is 5.89. The standard InChI is InChI=1S/C12H14O3/c13-10-7-4-8-11(10)15-12(14)9-5-2-1-3-6-9/h1-3,5-6,10-11,13H,4,7-8H2. The van der Waals surface area contributed by atoms with Crippen LogP contribution in [0.1, 0.15) is 29.6 Å². The highest BCUT2D eigenvalue weighted by atomic mass is 16.6. The molecule has 0 heterocycles. The van der Waals surface area contributed by atoms with Crippen LogP contribution in [0.2, 0.25) is 0 Å². The zero-order chi connectivity index (χ0) is 10.7. The third-order valence-corrected chi connectivity index (χ3v) is 2.69. The average Bonchev–Trinajstić information content (AvgIpc) is 2.66. The lowest BCUT2D eigenvalue weighted by Gasteiger charge is -2.15. The first-order valence-electron chi connectivity index (χ1n) is 5.21. The molecular weight excluding hydrogens is 192 g/mol. The largest absolute Gasteiger partial charge is 0.456 e. The van der Waals surface area contributed by atoms with Crippen LogP contribution in [0, 0.1) is 0 Å². The first kappa shape index (κ1) is 10.2. The Labute approximate surface area is 88.7 Å². The van der Waals surface area contributed by atoms with Crippen molar-refractivity contribution in [3.63, 3.8) is 0 Å². The molecule has 80 valence electrons. The Kier molecular flexibility index (Phi) is 3.02. The Bertz CT molecular complexity index is 334. The Morgan fingerprint density at radius 1 is 1.27 bits per heavy atom. The summed E-state index contributed by atoms with van der Waals surface area (Å²) in [6, 6.07) is 8.86. The van der Waals surface area contributed by atoms with Crippen LogP contribution in [0.25, 0.3) is 0 Å². The Balaban J connectivity index is 1.98. The second-order valence-corrected chi connectivity index (χ2v) is 3.81. The van der Waals surface area contributed by atoms with Gasteiger partial charge in [0.1, 0.15) is 6.10 Å². The van der Waals surface area contributed by atoms with E-state index in [9.17, 15) is 9.90 Å². The molecule has 3 heteroatoms. The predicted molar refractivity (Wildman–Crippen MR) is 55.5 cm³/mol. The normalized spacial score (nSPS) is 25.1. The monoisotopic (exact) mass is 206 g/mol. The van der Waals surface area contributed by atoms with Crippen molar-refractivity contribution in [2.75, 3.05) is 0 Å². The van der Waals surface area contributed by atoms with Crippen LogP contribution < -0.4 is 0 Å². The van der Waals surface area contributed by atoms with E-state index < -0.39 is 6.10 Å². The lowest BCUT2D eigenvalue weighted by atomic mass is 10.2. The molecule has 1 saturated carbocycles. The minimum Gasteiger partial charge on any atom is -0.456 e. The van der Waals surface area contributed by atoms with Crippen molar-refractivity contribution in [1.82, 2.24) is 0 Å². The lowest BCUT2D eigenvalue weighted by molar-refractivity contribution is -0.00484. The molecule has 2 atom stereocenters. The maximum atomic E-state index is 11.6. The zero-order valence-corrected chi connectivity index (χ0v) is 8.43. The van der Waals surface area contributed by atoms with E-state index in [4.69, 9.17) is 4.74 Å².